The highest BCUT2D eigenvalue weighted by molar-refractivity contribution is 7.89. The third-order valence-corrected chi connectivity index (χ3v) is 5.98. The van der Waals surface area contributed by atoms with Crippen LogP contribution in [0.5, 0.6) is 0 Å². The molecule has 6 heteroatoms. The van der Waals surface area contributed by atoms with Gasteiger partial charge in [0.15, 0.2) is 0 Å². The first kappa shape index (κ1) is 15.4. The molecule has 0 aliphatic rings. The molecule has 0 saturated heterocycles. The maximum Gasteiger partial charge on any atom is 0.244 e. The van der Waals surface area contributed by atoms with Crippen LogP contribution in [0, 0.1) is 6.92 Å². The maximum absolute atomic E-state index is 12.6. The summed E-state index contributed by atoms with van der Waals surface area (Å²) in [6, 6.07) is 0. The van der Waals surface area contributed by atoms with E-state index < -0.39 is 10.0 Å². The van der Waals surface area contributed by atoms with Crippen molar-refractivity contribution in [3.8, 4) is 0 Å². The molecule has 0 bridgehead atoms. The molecule has 0 fully saturated rings. The summed E-state index contributed by atoms with van der Waals surface area (Å²) in [4.78, 5) is 1.09. The molecular formula is C12H20N2O2S2. The van der Waals surface area contributed by atoms with Gasteiger partial charge in [0.1, 0.15) is 4.90 Å². The Morgan fingerprint density at radius 3 is 2.61 bits per heavy atom. The van der Waals surface area contributed by atoms with E-state index in [9.17, 15) is 8.42 Å². The van der Waals surface area contributed by atoms with Gasteiger partial charge in [-0.15, -0.1) is 11.3 Å². The van der Waals surface area contributed by atoms with Gasteiger partial charge in [-0.05, 0) is 24.8 Å². The van der Waals surface area contributed by atoms with Crippen LogP contribution >= 0.6 is 11.3 Å². The van der Waals surface area contributed by atoms with E-state index in [0.717, 1.165) is 11.1 Å². The van der Waals surface area contributed by atoms with Gasteiger partial charge < -0.3 is 5.73 Å². The van der Waals surface area contributed by atoms with E-state index >= 15 is 0 Å². The van der Waals surface area contributed by atoms with Crippen LogP contribution in [0.4, 0.5) is 0 Å². The first-order valence-electron chi connectivity index (χ1n) is 5.76. The SMILES string of the molecule is C=C(C)CN(CC)S(=O)(=O)c1c(C)csc1CN. The number of likely N-dealkylation sites (N-methyl/N-ethyl adjacent to an activating group) is 1. The Labute approximate surface area is 113 Å². The number of sulfonamides is 1. The summed E-state index contributed by atoms with van der Waals surface area (Å²) in [6.45, 7) is 10.2. The molecule has 102 valence electrons. The van der Waals surface area contributed by atoms with Crippen molar-refractivity contribution in [3.63, 3.8) is 0 Å². The van der Waals surface area contributed by atoms with Gasteiger partial charge in [-0.1, -0.05) is 19.1 Å². The van der Waals surface area contributed by atoms with Crippen LogP contribution in [0.2, 0.25) is 0 Å². The summed E-state index contributed by atoms with van der Waals surface area (Å²) in [6.07, 6.45) is 0. The lowest BCUT2D eigenvalue weighted by Gasteiger charge is -2.21. The zero-order valence-corrected chi connectivity index (χ0v) is 12.7. The summed E-state index contributed by atoms with van der Waals surface area (Å²) in [5, 5.41) is 1.84. The molecule has 0 radical (unpaired) electrons. The molecule has 0 aliphatic carbocycles. The first-order valence-corrected chi connectivity index (χ1v) is 8.08. The van der Waals surface area contributed by atoms with Crippen LogP contribution in [0.3, 0.4) is 0 Å². The molecular weight excluding hydrogens is 268 g/mol. The molecule has 0 atom stereocenters. The molecule has 4 nitrogen and oxygen atoms in total. The Kier molecular flexibility index (Phi) is 5.10. The minimum atomic E-state index is -3.47. The Balaban J connectivity index is 3.26. The first-order chi connectivity index (χ1) is 8.34. The summed E-state index contributed by atoms with van der Waals surface area (Å²) in [7, 11) is -3.47. The highest BCUT2D eigenvalue weighted by atomic mass is 32.2. The van der Waals surface area contributed by atoms with E-state index in [-0.39, 0.29) is 6.54 Å². The average molecular weight is 288 g/mol. The predicted molar refractivity (Wildman–Crippen MR) is 76.2 cm³/mol. The van der Waals surface area contributed by atoms with Crippen molar-refractivity contribution in [2.45, 2.75) is 32.2 Å². The van der Waals surface area contributed by atoms with Crippen LogP contribution in [0.15, 0.2) is 22.4 Å². The van der Waals surface area contributed by atoms with Gasteiger partial charge in [0.25, 0.3) is 0 Å². The zero-order valence-electron chi connectivity index (χ0n) is 11.1. The normalized spacial score (nSPS) is 12.1. The van der Waals surface area contributed by atoms with Gasteiger partial charge in [0, 0.05) is 24.5 Å². The van der Waals surface area contributed by atoms with Crippen LogP contribution in [-0.4, -0.2) is 25.8 Å². The smallest absolute Gasteiger partial charge is 0.244 e. The quantitative estimate of drug-likeness (QED) is 0.815. The van der Waals surface area contributed by atoms with Crippen molar-refractivity contribution < 1.29 is 8.42 Å². The molecule has 1 rings (SSSR count). The van der Waals surface area contributed by atoms with Crippen molar-refractivity contribution in [1.82, 2.24) is 4.31 Å². The Morgan fingerprint density at radius 2 is 2.17 bits per heavy atom. The molecule has 0 amide bonds. The van der Waals surface area contributed by atoms with Gasteiger partial charge >= 0.3 is 0 Å². The second-order valence-corrected chi connectivity index (χ2v) is 7.10. The molecule has 1 aromatic heterocycles. The van der Waals surface area contributed by atoms with Crippen molar-refractivity contribution in [3.05, 3.63) is 28.0 Å². The number of hydrogen-bond donors (Lipinski definition) is 1. The topological polar surface area (TPSA) is 63.4 Å². The van der Waals surface area contributed by atoms with Crippen molar-refractivity contribution in [2.75, 3.05) is 13.1 Å². The number of thiophene rings is 1. The van der Waals surface area contributed by atoms with Gasteiger partial charge in [-0.3, -0.25) is 0 Å². The number of nitrogens with two attached hydrogens (primary N) is 1. The van der Waals surface area contributed by atoms with Gasteiger partial charge in [0.2, 0.25) is 10.0 Å². The van der Waals surface area contributed by atoms with Gasteiger partial charge in [-0.2, -0.15) is 4.31 Å². The van der Waals surface area contributed by atoms with Crippen molar-refractivity contribution >= 4 is 21.4 Å². The Bertz CT molecular complexity index is 532. The number of aryl methyl sites for hydroxylation is 1. The van der Waals surface area contributed by atoms with Crippen molar-refractivity contribution in [1.29, 1.82) is 0 Å². The van der Waals surface area contributed by atoms with Crippen LogP contribution in [-0.2, 0) is 16.6 Å². The summed E-state index contributed by atoms with van der Waals surface area (Å²) >= 11 is 1.40. The second kappa shape index (κ2) is 5.97. The summed E-state index contributed by atoms with van der Waals surface area (Å²) in [5.41, 5.74) is 7.20. The van der Waals surface area contributed by atoms with Crippen LogP contribution in [0.1, 0.15) is 24.3 Å². The minimum absolute atomic E-state index is 0.248. The highest BCUT2D eigenvalue weighted by Gasteiger charge is 2.28. The average Bonchev–Trinajstić information content (AvgIpc) is 2.67. The Morgan fingerprint density at radius 1 is 1.56 bits per heavy atom. The maximum atomic E-state index is 12.6. The highest BCUT2D eigenvalue weighted by Crippen LogP contribution is 2.29. The molecule has 0 saturated carbocycles. The second-order valence-electron chi connectivity index (χ2n) is 4.26. The molecule has 1 heterocycles. The monoisotopic (exact) mass is 288 g/mol. The summed E-state index contributed by atoms with van der Waals surface area (Å²) < 4.78 is 26.6. The van der Waals surface area contributed by atoms with E-state index in [1.165, 1.54) is 15.6 Å². The van der Waals surface area contributed by atoms with E-state index in [0.29, 0.717) is 22.9 Å². The minimum Gasteiger partial charge on any atom is -0.326 e. The van der Waals surface area contributed by atoms with Crippen LogP contribution in [0.25, 0.3) is 0 Å². The largest absolute Gasteiger partial charge is 0.326 e. The third kappa shape index (κ3) is 3.00. The van der Waals surface area contributed by atoms with Crippen LogP contribution < -0.4 is 5.73 Å². The van der Waals surface area contributed by atoms with Crippen molar-refractivity contribution in [2.24, 2.45) is 5.73 Å². The molecule has 1 aromatic rings. The molecule has 0 aromatic carbocycles. The van der Waals surface area contributed by atoms with Gasteiger partial charge in [0.05, 0.1) is 0 Å². The number of rotatable bonds is 6. The van der Waals surface area contributed by atoms with E-state index in [2.05, 4.69) is 6.58 Å². The fourth-order valence-electron chi connectivity index (χ4n) is 1.77. The van der Waals surface area contributed by atoms with E-state index in [1.54, 1.807) is 6.92 Å². The fourth-order valence-corrected chi connectivity index (χ4v) is 4.93. The fraction of sp³-hybridized carbons (Fsp3) is 0.500. The number of nitrogens with zero attached hydrogens (tertiary/aromatic N) is 1. The Hall–Kier alpha value is -0.690. The lowest BCUT2D eigenvalue weighted by atomic mass is 10.3. The lowest BCUT2D eigenvalue weighted by molar-refractivity contribution is 0.452. The van der Waals surface area contributed by atoms with E-state index in [1.807, 2.05) is 19.2 Å². The third-order valence-electron chi connectivity index (χ3n) is 2.57. The van der Waals surface area contributed by atoms with E-state index in [4.69, 9.17) is 5.73 Å². The predicted octanol–water partition coefficient (Wildman–Crippen LogP) is 2.10. The molecule has 2 N–H and O–H groups in total. The standard InChI is InChI=1S/C12H20N2O2S2/c1-5-14(7-9(2)3)18(15,16)12-10(4)8-17-11(12)6-13/h8H,2,5-7,13H2,1,3-4H3. The lowest BCUT2D eigenvalue weighted by Crippen LogP contribution is -2.33. The van der Waals surface area contributed by atoms with Gasteiger partial charge in [-0.25, -0.2) is 8.42 Å². The molecule has 0 unspecified atom stereocenters. The number of hydrogen-bond acceptors (Lipinski definition) is 4. The molecule has 0 spiro atoms. The zero-order chi connectivity index (χ0) is 13.9. The molecule has 18 heavy (non-hydrogen) atoms. The summed E-state index contributed by atoms with van der Waals surface area (Å²) in [5.74, 6) is 0. The molecule has 0 aliphatic heterocycles.